The SMILES string of the molecule is CCC1c2ncc(C(=O)NC(CO)c3ccc(S(=O)CC)cn3)cc2CN1C. The van der Waals surface area contributed by atoms with E-state index in [1.54, 1.807) is 18.3 Å². The fraction of sp³-hybridized carbons (Fsp3) is 0.450. The van der Waals surface area contributed by atoms with E-state index in [1.165, 1.54) is 6.20 Å². The number of carbonyl (C=O) groups excluding carboxylic acids is 1. The average Bonchev–Trinajstić information content (AvgIpc) is 3.05. The van der Waals surface area contributed by atoms with E-state index in [-0.39, 0.29) is 18.6 Å². The van der Waals surface area contributed by atoms with Gasteiger partial charge >= 0.3 is 0 Å². The molecule has 0 radical (unpaired) electrons. The highest BCUT2D eigenvalue weighted by atomic mass is 32.2. The van der Waals surface area contributed by atoms with Gasteiger partial charge in [0, 0.05) is 24.7 Å². The van der Waals surface area contributed by atoms with E-state index >= 15 is 0 Å². The predicted octanol–water partition coefficient (Wildman–Crippen LogP) is 1.96. The second-order valence-electron chi connectivity index (χ2n) is 6.87. The molecule has 150 valence electrons. The van der Waals surface area contributed by atoms with Crippen LogP contribution in [0.3, 0.4) is 0 Å². The molecule has 1 aliphatic rings. The van der Waals surface area contributed by atoms with Gasteiger partial charge in [-0.2, -0.15) is 0 Å². The highest BCUT2D eigenvalue weighted by Gasteiger charge is 2.28. The predicted molar refractivity (Wildman–Crippen MR) is 107 cm³/mol. The second-order valence-corrected chi connectivity index (χ2v) is 8.61. The number of hydrogen-bond acceptors (Lipinski definition) is 6. The summed E-state index contributed by atoms with van der Waals surface area (Å²) in [5.74, 6) is 0.209. The maximum absolute atomic E-state index is 12.7. The van der Waals surface area contributed by atoms with Gasteiger partial charge < -0.3 is 10.4 Å². The smallest absolute Gasteiger partial charge is 0.253 e. The first-order chi connectivity index (χ1) is 13.5. The minimum absolute atomic E-state index is 0.284. The van der Waals surface area contributed by atoms with Crippen LogP contribution >= 0.6 is 0 Å². The summed E-state index contributed by atoms with van der Waals surface area (Å²) in [6, 6.07) is 4.92. The van der Waals surface area contributed by atoms with E-state index < -0.39 is 16.8 Å². The van der Waals surface area contributed by atoms with Crippen LogP contribution in [0.15, 0.2) is 35.5 Å². The molecule has 1 amide bonds. The van der Waals surface area contributed by atoms with Crippen molar-refractivity contribution < 1.29 is 14.1 Å². The fourth-order valence-corrected chi connectivity index (χ4v) is 4.24. The normalized spacial score (nSPS) is 18.5. The van der Waals surface area contributed by atoms with Gasteiger partial charge in [-0.15, -0.1) is 0 Å². The third kappa shape index (κ3) is 4.14. The lowest BCUT2D eigenvalue weighted by Crippen LogP contribution is -2.31. The van der Waals surface area contributed by atoms with Crippen molar-refractivity contribution in [1.29, 1.82) is 0 Å². The first-order valence-electron chi connectivity index (χ1n) is 9.43. The van der Waals surface area contributed by atoms with Crippen molar-refractivity contribution in [2.75, 3.05) is 19.4 Å². The maximum atomic E-state index is 12.7. The molecule has 2 aromatic heterocycles. The van der Waals surface area contributed by atoms with Gasteiger partial charge in [-0.05, 0) is 37.2 Å². The number of amides is 1. The Balaban J connectivity index is 1.74. The number of aliphatic hydroxyl groups excluding tert-OH is 1. The van der Waals surface area contributed by atoms with Crippen molar-refractivity contribution in [3.05, 3.63) is 53.1 Å². The van der Waals surface area contributed by atoms with Gasteiger partial charge in [0.1, 0.15) is 0 Å². The Morgan fingerprint density at radius 2 is 2.14 bits per heavy atom. The Morgan fingerprint density at radius 3 is 2.75 bits per heavy atom. The van der Waals surface area contributed by atoms with Gasteiger partial charge in [0.25, 0.3) is 5.91 Å². The van der Waals surface area contributed by atoms with Crippen LogP contribution in [0.2, 0.25) is 0 Å². The first-order valence-corrected chi connectivity index (χ1v) is 10.7. The lowest BCUT2D eigenvalue weighted by molar-refractivity contribution is 0.0914. The fourth-order valence-electron chi connectivity index (χ4n) is 3.52. The third-order valence-corrected chi connectivity index (χ3v) is 6.34. The molecule has 0 aliphatic carbocycles. The number of hydrogen-bond donors (Lipinski definition) is 2. The monoisotopic (exact) mass is 402 g/mol. The third-order valence-electron chi connectivity index (χ3n) is 5.05. The van der Waals surface area contributed by atoms with Crippen LogP contribution in [-0.4, -0.2) is 49.5 Å². The lowest BCUT2D eigenvalue weighted by atomic mass is 10.1. The van der Waals surface area contributed by atoms with E-state index in [4.69, 9.17) is 0 Å². The molecule has 3 heterocycles. The van der Waals surface area contributed by atoms with E-state index in [2.05, 4.69) is 34.2 Å². The summed E-state index contributed by atoms with van der Waals surface area (Å²) in [6.07, 6.45) is 4.09. The van der Waals surface area contributed by atoms with E-state index in [9.17, 15) is 14.1 Å². The van der Waals surface area contributed by atoms with Crippen LogP contribution < -0.4 is 5.32 Å². The van der Waals surface area contributed by atoms with Crippen molar-refractivity contribution in [3.8, 4) is 0 Å². The van der Waals surface area contributed by atoms with Crippen molar-refractivity contribution in [1.82, 2.24) is 20.2 Å². The van der Waals surface area contributed by atoms with Gasteiger partial charge in [-0.25, -0.2) is 0 Å². The second kappa shape index (κ2) is 8.89. The molecule has 0 saturated heterocycles. The molecule has 0 saturated carbocycles. The van der Waals surface area contributed by atoms with Crippen LogP contribution in [0.1, 0.15) is 59.7 Å². The molecular weight excluding hydrogens is 376 g/mol. The summed E-state index contributed by atoms with van der Waals surface area (Å²) < 4.78 is 11.8. The molecule has 3 atom stereocenters. The molecule has 0 spiro atoms. The van der Waals surface area contributed by atoms with Crippen molar-refractivity contribution in [2.45, 2.75) is 43.8 Å². The topological polar surface area (TPSA) is 95.4 Å². The van der Waals surface area contributed by atoms with Crippen LogP contribution in [0.4, 0.5) is 0 Å². The molecule has 8 heteroatoms. The van der Waals surface area contributed by atoms with Gasteiger partial charge in [0.15, 0.2) is 0 Å². The van der Waals surface area contributed by atoms with E-state index in [0.29, 0.717) is 21.9 Å². The highest BCUT2D eigenvalue weighted by molar-refractivity contribution is 7.85. The number of rotatable bonds is 7. The average molecular weight is 403 g/mol. The molecule has 0 aromatic carbocycles. The molecule has 28 heavy (non-hydrogen) atoms. The lowest BCUT2D eigenvalue weighted by Gasteiger charge is -2.17. The number of aromatic nitrogens is 2. The highest BCUT2D eigenvalue weighted by Crippen LogP contribution is 2.33. The van der Waals surface area contributed by atoms with Crippen LogP contribution in [0.25, 0.3) is 0 Å². The Hall–Kier alpha value is -2.16. The molecular formula is C20H26N4O3S. The summed E-state index contributed by atoms with van der Waals surface area (Å²) in [5, 5.41) is 12.5. The number of nitrogens with zero attached hydrogens (tertiary/aromatic N) is 3. The molecule has 2 aromatic rings. The van der Waals surface area contributed by atoms with E-state index in [0.717, 1.165) is 24.2 Å². The zero-order valence-corrected chi connectivity index (χ0v) is 17.2. The molecule has 3 unspecified atom stereocenters. The van der Waals surface area contributed by atoms with Gasteiger partial charge in [-0.1, -0.05) is 13.8 Å². The summed E-state index contributed by atoms with van der Waals surface area (Å²) in [6.45, 7) is 4.45. The minimum atomic E-state index is -1.09. The Labute approximate surface area is 167 Å². The van der Waals surface area contributed by atoms with Crippen molar-refractivity contribution >= 4 is 16.7 Å². The van der Waals surface area contributed by atoms with Crippen molar-refractivity contribution in [3.63, 3.8) is 0 Å². The molecule has 7 nitrogen and oxygen atoms in total. The quantitative estimate of drug-likeness (QED) is 0.735. The zero-order valence-electron chi connectivity index (χ0n) is 16.4. The summed E-state index contributed by atoms with van der Waals surface area (Å²) in [5.41, 5.74) is 3.08. The van der Waals surface area contributed by atoms with Crippen LogP contribution in [0, 0.1) is 0 Å². The van der Waals surface area contributed by atoms with Crippen LogP contribution in [-0.2, 0) is 17.3 Å². The van der Waals surface area contributed by atoms with Crippen molar-refractivity contribution in [2.24, 2.45) is 0 Å². The number of aliphatic hydroxyl groups is 1. The molecule has 0 fully saturated rings. The largest absolute Gasteiger partial charge is 0.394 e. The summed E-state index contributed by atoms with van der Waals surface area (Å²) in [7, 11) is 0.968. The molecule has 2 N–H and O–H groups in total. The number of fused-ring (bicyclic) bond motifs is 1. The Morgan fingerprint density at radius 1 is 1.36 bits per heavy atom. The van der Waals surface area contributed by atoms with Gasteiger partial charge in [0.2, 0.25) is 0 Å². The maximum Gasteiger partial charge on any atom is 0.253 e. The van der Waals surface area contributed by atoms with E-state index in [1.807, 2.05) is 13.0 Å². The minimum Gasteiger partial charge on any atom is -0.394 e. The first kappa shape index (κ1) is 20.6. The van der Waals surface area contributed by atoms with Gasteiger partial charge in [-0.3, -0.25) is 23.9 Å². The standard InChI is InChI=1S/C20H26N4O3S/c1-4-18-19-14(11-24(18)3)8-13(9-22-19)20(26)23-17(12-25)16-7-6-15(10-21-16)28(27)5-2/h6-10,17-18,25H,4-5,11-12H2,1-3H3,(H,23,26). The number of pyridine rings is 2. The molecule has 0 bridgehead atoms. The number of carbonyl (C=O) groups is 1. The van der Waals surface area contributed by atoms with Crippen LogP contribution in [0.5, 0.6) is 0 Å². The molecule has 1 aliphatic heterocycles. The summed E-state index contributed by atoms with van der Waals surface area (Å²) >= 11 is 0. The number of nitrogens with one attached hydrogen (secondary N) is 1. The Kier molecular flexibility index (Phi) is 6.53. The molecule has 3 rings (SSSR count). The zero-order chi connectivity index (χ0) is 20.3. The Bertz CT molecular complexity index is 872. The van der Waals surface area contributed by atoms with Gasteiger partial charge in [0.05, 0.1) is 51.3 Å². The summed E-state index contributed by atoms with van der Waals surface area (Å²) in [4.78, 5) is 24.3.